The van der Waals surface area contributed by atoms with Crippen molar-refractivity contribution < 1.29 is 43.1 Å². The fourth-order valence-corrected chi connectivity index (χ4v) is 8.69. The summed E-state index contributed by atoms with van der Waals surface area (Å²) in [7, 11) is 1.45. The second kappa shape index (κ2) is 20.2. The molecule has 8 amide bonds. The van der Waals surface area contributed by atoms with Gasteiger partial charge in [0, 0.05) is 117 Å². The van der Waals surface area contributed by atoms with Gasteiger partial charge in [-0.15, -0.1) is 0 Å². The third-order valence-electron chi connectivity index (χ3n) is 11.5. The summed E-state index contributed by atoms with van der Waals surface area (Å²) in [5.41, 5.74) is 2.14. The molecular formula is C44H45Cl3N8O9. The molecule has 0 radical (unpaired) electrons. The molecule has 4 aliphatic rings. The number of rotatable bonds is 13. The van der Waals surface area contributed by atoms with Gasteiger partial charge in [-0.1, -0.05) is 40.9 Å². The van der Waals surface area contributed by atoms with E-state index in [4.69, 9.17) is 39.5 Å². The van der Waals surface area contributed by atoms with Crippen LogP contribution in [-0.4, -0.2) is 157 Å². The number of hydrogen-bond acceptors (Lipinski definition) is 11. The molecule has 4 aliphatic heterocycles. The van der Waals surface area contributed by atoms with Crippen molar-refractivity contribution in [2.75, 3.05) is 84.4 Å². The zero-order chi connectivity index (χ0) is 45.7. The number of carbonyl (C=O) groups excluding carboxylic acids is 8. The van der Waals surface area contributed by atoms with Crippen molar-refractivity contribution >= 4 is 87.7 Å². The van der Waals surface area contributed by atoms with Crippen LogP contribution in [0.25, 0.3) is 11.1 Å². The predicted molar refractivity (Wildman–Crippen MR) is 237 cm³/mol. The van der Waals surface area contributed by atoms with Gasteiger partial charge in [-0.05, 0) is 49.2 Å². The normalized spacial score (nSPS) is 18.0. The number of nitrogens with one attached hydrogen (secondary N) is 3. The maximum absolute atomic E-state index is 13.7. The number of piperazine rings is 2. The van der Waals surface area contributed by atoms with Crippen molar-refractivity contribution in [1.82, 2.24) is 35.1 Å². The zero-order valence-corrected chi connectivity index (χ0v) is 37.1. The molecule has 0 aliphatic carbocycles. The molecule has 3 saturated heterocycles. The lowest BCUT2D eigenvalue weighted by Gasteiger charge is -2.35. The molecule has 3 N–H and O–H groups in total. The molecule has 3 aromatic rings. The molecule has 0 bridgehead atoms. The molecule has 336 valence electrons. The van der Waals surface area contributed by atoms with Gasteiger partial charge in [-0.3, -0.25) is 53.5 Å². The average Bonchev–Trinajstić information content (AvgIpc) is 3.54. The minimum absolute atomic E-state index is 0.0302. The molecular weight excluding hydrogens is 891 g/mol. The molecule has 64 heavy (non-hydrogen) atoms. The number of imide groups is 2. The third-order valence-corrected chi connectivity index (χ3v) is 12.4. The minimum atomic E-state index is -1.06. The molecule has 20 heteroatoms. The van der Waals surface area contributed by atoms with Crippen LogP contribution in [0, 0.1) is 0 Å². The Balaban J connectivity index is 0.805. The molecule has 1 unspecified atom stereocenters. The minimum Gasteiger partial charge on any atom is -0.496 e. The Hall–Kier alpha value is -6.01. The number of methoxy groups -OCH3 is 1. The van der Waals surface area contributed by atoms with Crippen molar-refractivity contribution in [3.63, 3.8) is 0 Å². The van der Waals surface area contributed by atoms with Gasteiger partial charge in [-0.2, -0.15) is 0 Å². The van der Waals surface area contributed by atoms with E-state index in [1.165, 1.54) is 25.3 Å². The van der Waals surface area contributed by atoms with Gasteiger partial charge >= 0.3 is 0 Å². The number of amides is 8. The van der Waals surface area contributed by atoms with Gasteiger partial charge in [-0.25, -0.2) is 0 Å². The average molecular weight is 936 g/mol. The number of nitrogens with zero attached hydrogens (tertiary/aromatic N) is 5. The second-order valence-corrected chi connectivity index (χ2v) is 16.8. The quantitative estimate of drug-likeness (QED) is 0.129. The summed E-state index contributed by atoms with van der Waals surface area (Å²) in [5.74, 6) is -3.17. The van der Waals surface area contributed by atoms with E-state index in [0.717, 1.165) is 4.90 Å². The topological polar surface area (TPSA) is 198 Å². The fraction of sp³-hybridized carbons (Fsp3) is 0.364. The number of ether oxygens (including phenoxy) is 1. The first-order chi connectivity index (χ1) is 30.7. The molecule has 3 aromatic carbocycles. The molecule has 17 nitrogen and oxygen atoms in total. The fourth-order valence-electron chi connectivity index (χ4n) is 8.04. The summed E-state index contributed by atoms with van der Waals surface area (Å²) in [6.07, 6.45) is 3.11. The van der Waals surface area contributed by atoms with Gasteiger partial charge in [0.2, 0.25) is 29.5 Å². The van der Waals surface area contributed by atoms with Crippen LogP contribution in [0.1, 0.15) is 50.3 Å². The van der Waals surface area contributed by atoms with E-state index in [9.17, 15) is 38.4 Å². The summed E-state index contributed by atoms with van der Waals surface area (Å²) >= 11 is 19.2. The highest BCUT2D eigenvalue weighted by atomic mass is 35.5. The molecule has 7 rings (SSSR count). The van der Waals surface area contributed by atoms with E-state index in [-0.39, 0.29) is 85.9 Å². The van der Waals surface area contributed by atoms with Gasteiger partial charge < -0.3 is 30.1 Å². The zero-order valence-electron chi connectivity index (χ0n) is 34.8. The second-order valence-electron chi connectivity index (χ2n) is 15.5. The lowest BCUT2D eigenvalue weighted by molar-refractivity contribution is -0.136. The highest BCUT2D eigenvalue weighted by Crippen LogP contribution is 2.39. The van der Waals surface area contributed by atoms with Crippen LogP contribution >= 0.6 is 34.8 Å². The summed E-state index contributed by atoms with van der Waals surface area (Å²) in [6, 6.07) is 11.9. The number of hydrogen-bond donors (Lipinski definition) is 3. The van der Waals surface area contributed by atoms with Crippen LogP contribution in [-0.2, 0) is 24.0 Å². The van der Waals surface area contributed by atoms with Crippen LogP contribution in [0.2, 0.25) is 15.1 Å². The van der Waals surface area contributed by atoms with Gasteiger partial charge in [0.1, 0.15) is 11.8 Å². The maximum Gasteiger partial charge on any atom is 0.264 e. The molecule has 4 heterocycles. The lowest BCUT2D eigenvalue weighted by Crippen LogP contribution is -2.54. The van der Waals surface area contributed by atoms with Gasteiger partial charge in [0.15, 0.2) is 0 Å². The van der Waals surface area contributed by atoms with Crippen molar-refractivity contribution in [3.05, 3.63) is 92.4 Å². The molecule has 0 spiro atoms. The first kappa shape index (κ1) is 46.0. The SMILES string of the molecule is COc1cc(Cl)c(-c2cc(Cl)ccc2Cl)cc1C(=O)N1CCN(C(=O)/C=C/C(=O)N2CCN(CC(=O)NCCCNc3cccc4c3C(=O)N(C3CCC(=O)NC3=O)C4=O)CC2)CC1. The Labute approximate surface area is 383 Å². The van der Waals surface area contributed by atoms with Crippen molar-refractivity contribution in [2.24, 2.45) is 0 Å². The van der Waals surface area contributed by atoms with Crippen LogP contribution in [0.4, 0.5) is 5.69 Å². The van der Waals surface area contributed by atoms with Crippen molar-refractivity contribution in [3.8, 4) is 16.9 Å². The highest BCUT2D eigenvalue weighted by molar-refractivity contribution is 6.38. The molecule has 1 atom stereocenters. The van der Waals surface area contributed by atoms with Crippen LogP contribution in [0.5, 0.6) is 5.75 Å². The number of carbonyl (C=O) groups is 8. The Bertz CT molecular complexity index is 2430. The number of halogens is 3. The van der Waals surface area contributed by atoms with E-state index < -0.39 is 29.7 Å². The van der Waals surface area contributed by atoms with Crippen molar-refractivity contribution in [2.45, 2.75) is 25.3 Å². The first-order valence-corrected chi connectivity index (χ1v) is 21.8. The molecule has 3 fully saturated rings. The van der Waals surface area contributed by atoms with Crippen LogP contribution in [0.15, 0.2) is 60.7 Å². The predicted octanol–water partition coefficient (Wildman–Crippen LogP) is 3.33. The van der Waals surface area contributed by atoms with E-state index in [2.05, 4.69) is 16.0 Å². The number of piperidine rings is 1. The van der Waals surface area contributed by atoms with Gasteiger partial charge in [0.25, 0.3) is 17.7 Å². The Morgan fingerprint density at radius 3 is 2.09 bits per heavy atom. The van der Waals surface area contributed by atoms with Crippen molar-refractivity contribution in [1.29, 1.82) is 0 Å². The van der Waals surface area contributed by atoms with E-state index in [1.807, 2.05) is 4.90 Å². The first-order valence-electron chi connectivity index (χ1n) is 20.7. The van der Waals surface area contributed by atoms with Crippen LogP contribution in [0.3, 0.4) is 0 Å². The number of fused-ring (bicyclic) bond motifs is 1. The number of benzene rings is 3. The Kier molecular flexibility index (Phi) is 14.5. The molecule has 0 aromatic heterocycles. The van der Waals surface area contributed by atoms with Gasteiger partial charge in [0.05, 0.1) is 35.4 Å². The lowest BCUT2D eigenvalue weighted by atomic mass is 10.0. The smallest absolute Gasteiger partial charge is 0.264 e. The monoisotopic (exact) mass is 934 g/mol. The maximum atomic E-state index is 13.7. The summed E-state index contributed by atoms with van der Waals surface area (Å²) in [6.45, 7) is 3.57. The van der Waals surface area contributed by atoms with Crippen LogP contribution < -0.4 is 20.7 Å². The largest absolute Gasteiger partial charge is 0.496 e. The Morgan fingerprint density at radius 2 is 1.42 bits per heavy atom. The van der Waals surface area contributed by atoms with E-state index >= 15 is 0 Å². The molecule has 0 saturated carbocycles. The highest BCUT2D eigenvalue weighted by Gasteiger charge is 2.45. The number of anilines is 1. The third kappa shape index (κ3) is 10.2. The van der Waals surface area contributed by atoms with E-state index in [0.29, 0.717) is 83.3 Å². The summed E-state index contributed by atoms with van der Waals surface area (Å²) < 4.78 is 5.48. The Morgan fingerprint density at radius 1 is 0.766 bits per heavy atom. The standard InChI is InChI=1S/C44H45Cl3N8O9/c1-64-35-24-32(47)29(28-22-26(45)6-7-31(28)46)23-30(35)42(61)54-20-18-53(19-21-54)39(59)11-10-38(58)52-16-14-51(15-17-52)25-37(57)49-13-3-12-48-33-5-2-4-27-40(33)44(63)55(43(27)62)34-8-9-36(56)50-41(34)60/h2,4-7,10-11,22-24,34,48H,3,8-9,12-21,25H2,1H3,(H,49,57)(H,50,56,60)/b11-10+. The summed E-state index contributed by atoms with van der Waals surface area (Å²) in [4.78, 5) is 111. The summed E-state index contributed by atoms with van der Waals surface area (Å²) in [5, 5.41) is 9.43. The van der Waals surface area contributed by atoms with E-state index in [1.54, 1.807) is 57.2 Å².